The van der Waals surface area contributed by atoms with E-state index >= 15 is 0 Å². The molecular weight excluding hydrogens is 216 g/mol. The number of ether oxygens (including phenoxy) is 1. The van der Waals surface area contributed by atoms with Gasteiger partial charge >= 0.3 is 0 Å². The highest BCUT2D eigenvalue weighted by atomic mass is 16.5. The van der Waals surface area contributed by atoms with Crippen molar-refractivity contribution in [3.63, 3.8) is 0 Å². The second-order valence-corrected chi connectivity index (χ2v) is 4.62. The third-order valence-corrected chi connectivity index (χ3v) is 1.81. The summed E-state index contributed by atoms with van der Waals surface area (Å²) in [5, 5.41) is 27.7. The number of aliphatic hydroxyl groups excluding tert-OH is 1. The van der Waals surface area contributed by atoms with E-state index in [1.54, 1.807) is 13.0 Å². The average Bonchev–Trinajstić information content (AvgIpc) is 2.25. The summed E-state index contributed by atoms with van der Waals surface area (Å²) in [7, 11) is 0. The van der Waals surface area contributed by atoms with Crippen molar-refractivity contribution < 1.29 is 9.84 Å². The fourth-order valence-electron chi connectivity index (χ4n) is 1.13. The Labute approximate surface area is 102 Å². The summed E-state index contributed by atoms with van der Waals surface area (Å²) in [6.45, 7) is 7.91. The maximum atomic E-state index is 9.90. The molecular formula is C13H18N2O2. The molecule has 0 saturated heterocycles. The van der Waals surface area contributed by atoms with Gasteiger partial charge in [-0.25, -0.2) is 0 Å². The Hall–Kier alpha value is -1.78. The van der Waals surface area contributed by atoms with Crippen molar-refractivity contribution in [2.45, 2.75) is 33.8 Å². The summed E-state index contributed by atoms with van der Waals surface area (Å²) in [6, 6.07) is 3.74. The Morgan fingerprint density at radius 3 is 2.18 bits per heavy atom. The topological polar surface area (TPSA) is 77.0 Å². The van der Waals surface area contributed by atoms with Gasteiger partial charge in [-0.15, -0.1) is 0 Å². The Morgan fingerprint density at radius 1 is 1.29 bits per heavy atom. The minimum absolute atomic E-state index is 0.0314. The van der Waals surface area contributed by atoms with E-state index in [0.717, 1.165) is 0 Å². The van der Waals surface area contributed by atoms with Gasteiger partial charge in [0.05, 0.1) is 30.1 Å². The van der Waals surface area contributed by atoms with E-state index in [-0.39, 0.29) is 16.6 Å². The van der Waals surface area contributed by atoms with E-state index < -0.39 is 6.10 Å². The normalized spacial score (nSPS) is 14.8. The molecule has 0 aromatic carbocycles. The molecule has 92 valence electrons. The van der Waals surface area contributed by atoms with Crippen LogP contribution in [-0.2, 0) is 4.74 Å². The van der Waals surface area contributed by atoms with Gasteiger partial charge in [0, 0.05) is 0 Å². The lowest BCUT2D eigenvalue weighted by atomic mass is 9.91. The molecule has 0 radical (unpaired) electrons. The first kappa shape index (κ1) is 15.2. The fraction of sp³-hybridized carbons (Fsp3) is 0.538. The van der Waals surface area contributed by atoms with Crippen LogP contribution in [0.5, 0.6) is 0 Å². The first-order valence-electron chi connectivity index (χ1n) is 5.38. The van der Waals surface area contributed by atoms with Gasteiger partial charge in [-0.2, -0.15) is 10.5 Å². The minimum Gasteiger partial charge on any atom is -0.500 e. The molecule has 4 nitrogen and oxygen atoms in total. The number of hydrogen-bond acceptors (Lipinski definition) is 4. The van der Waals surface area contributed by atoms with E-state index in [9.17, 15) is 5.11 Å². The summed E-state index contributed by atoms with van der Waals surface area (Å²) in [5.41, 5.74) is -0.0491. The molecule has 0 fully saturated rings. The third kappa shape index (κ3) is 5.75. The molecule has 0 spiro atoms. The number of aliphatic hydroxyl groups is 1. The molecule has 0 aromatic rings. The van der Waals surface area contributed by atoms with Crippen LogP contribution in [0.25, 0.3) is 0 Å². The molecule has 0 aliphatic heterocycles. The standard InChI is InChI=1S/C13H18N2O2/c1-5-17-9-11(8-15)12(16)10(7-14)6-13(2,3)4/h6,9,12,16H,5H2,1-4H3/b10-6+,11-9-. The van der Waals surface area contributed by atoms with Crippen molar-refractivity contribution in [3.05, 3.63) is 23.5 Å². The lowest BCUT2D eigenvalue weighted by Crippen LogP contribution is -2.15. The first-order chi connectivity index (χ1) is 7.85. The summed E-state index contributed by atoms with van der Waals surface area (Å²) in [6.07, 6.45) is 1.61. The second kappa shape index (κ2) is 6.73. The van der Waals surface area contributed by atoms with Gasteiger partial charge in [0.1, 0.15) is 12.2 Å². The SMILES string of the molecule is CCO/C=C(/C#N)C(O)/C(C#N)=C/C(C)(C)C. The Morgan fingerprint density at radius 2 is 1.82 bits per heavy atom. The molecule has 0 rings (SSSR count). The van der Waals surface area contributed by atoms with E-state index in [1.165, 1.54) is 6.26 Å². The van der Waals surface area contributed by atoms with Crippen LogP contribution in [0, 0.1) is 28.1 Å². The number of allylic oxidation sites excluding steroid dienone is 1. The number of nitriles is 2. The van der Waals surface area contributed by atoms with Crippen LogP contribution in [0.3, 0.4) is 0 Å². The van der Waals surface area contributed by atoms with Gasteiger partial charge in [0.15, 0.2) is 0 Å². The van der Waals surface area contributed by atoms with Gasteiger partial charge in [0.25, 0.3) is 0 Å². The third-order valence-electron chi connectivity index (χ3n) is 1.81. The summed E-state index contributed by atoms with van der Waals surface area (Å²) in [5.74, 6) is 0. The molecule has 1 unspecified atom stereocenters. The number of nitrogens with zero attached hydrogens (tertiary/aromatic N) is 2. The largest absolute Gasteiger partial charge is 0.500 e. The van der Waals surface area contributed by atoms with Crippen molar-refractivity contribution >= 4 is 0 Å². The molecule has 0 saturated carbocycles. The molecule has 0 aromatic heterocycles. The first-order valence-corrected chi connectivity index (χ1v) is 5.38. The Kier molecular flexibility index (Phi) is 6.02. The molecule has 0 heterocycles. The van der Waals surface area contributed by atoms with Crippen LogP contribution in [0.15, 0.2) is 23.5 Å². The van der Waals surface area contributed by atoms with Crippen LogP contribution in [0.1, 0.15) is 27.7 Å². The highest BCUT2D eigenvalue weighted by molar-refractivity contribution is 5.39. The Balaban J connectivity index is 5.14. The van der Waals surface area contributed by atoms with Gasteiger partial charge in [-0.05, 0) is 12.3 Å². The van der Waals surface area contributed by atoms with E-state index in [4.69, 9.17) is 15.3 Å². The molecule has 17 heavy (non-hydrogen) atoms. The maximum Gasteiger partial charge on any atom is 0.126 e. The average molecular weight is 234 g/mol. The molecule has 0 bridgehead atoms. The molecule has 0 aliphatic rings. The van der Waals surface area contributed by atoms with Crippen LogP contribution >= 0.6 is 0 Å². The second-order valence-electron chi connectivity index (χ2n) is 4.62. The van der Waals surface area contributed by atoms with E-state index in [1.807, 2.05) is 32.9 Å². The van der Waals surface area contributed by atoms with Crippen molar-refractivity contribution in [3.8, 4) is 12.1 Å². The van der Waals surface area contributed by atoms with Crippen LogP contribution in [-0.4, -0.2) is 17.8 Å². The number of hydrogen-bond donors (Lipinski definition) is 1. The lowest BCUT2D eigenvalue weighted by molar-refractivity contribution is 0.230. The van der Waals surface area contributed by atoms with E-state index in [0.29, 0.717) is 6.61 Å². The quantitative estimate of drug-likeness (QED) is 0.598. The van der Waals surface area contributed by atoms with Crippen LogP contribution in [0.2, 0.25) is 0 Å². The van der Waals surface area contributed by atoms with Gasteiger partial charge in [0.2, 0.25) is 0 Å². The predicted octanol–water partition coefficient (Wildman–Crippen LogP) is 2.29. The summed E-state index contributed by atoms with van der Waals surface area (Å²) < 4.78 is 4.95. The minimum atomic E-state index is -1.23. The van der Waals surface area contributed by atoms with Gasteiger partial charge in [-0.1, -0.05) is 26.8 Å². The number of rotatable bonds is 4. The maximum absolute atomic E-state index is 9.90. The molecule has 4 heteroatoms. The van der Waals surface area contributed by atoms with Crippen LogP contribution in [0.4, 0.5) is 0 Å². The zero-order valence-electron chi connectivity index (χ0n) is 10.7. The van der Waals surface area contributed by atoms with Gasteiger partial charge < -0.3 is 9.84 Å². The fourth-order valence-corrected chi connectivity index (χ4v) is 1.13. The zero-order valence-corrected chi connectivity index (χ0v) is 10.7. The van der Waals surface area contributed by atoms with Crippen LogP contribution < -0.4 is 0 Å². The van der Waals surface area contributed by atoms with Crippen molar-refractivity contribution in [1.29, 1.82) is 10.5 Å². The Bertz CT molecular complexity index is 389. The summed E-state index contributed by atoms with van der Waals surface area (Å²) >= 11 is 0. The molecule has 0 amide bonds. The smallest absolute Gasteiger partial charge is 0.126 e. The van der Waals surface area contributed by atoms with Crippen molar-refractivity contribution in [1.82, 2.24) is 0 Å². The summed E-state index contributed by atoms with van der Waals surface area (Å²) in [4.78, 5) is 0. The molecule has 0 aliphatic carbocycles. The van der Waals surface area contributed by atoms with Crippen molar-refractivity contribution in [2.75, 3.05) is 6.61 Å². The predicted molar refractivity (Wildman–Crippen MR) is 64.5 cm³/mol. The molecule has 1 N–H and O–H groups in total. The highest BCUT2D eigenvalue weighted by Crippen LogP contribution is 2.21. The zero-order chi connectivity index (χ0) is 13.5. The van der Waals surface area contributed by atoms with Crippen molar-refractivity contribution in [2.24, 2.45) is 5.41 Å². The van der Waals surface area contributed by atoms with Gasteiger partial charge in [-0.3, -0.25) is 0 Å². The molecule has 1 atom stereocenters. The monoisotopic (exact) mass is 234 g/mol. The highest BCUT2D eigenvalue weighted by Gasteiger charge is 2.19. The van der Waals surface area contributed by atoms with E-state index in [2.05, 4.69) is 0 Å². The lowest BCUT2D eigenvalue weighted by Gasteiger charge is -2.15.